The maximum absolute atomic E-state index is 12.1. The van der Waals surface area contributed by atoms with E-state index >= 15 is 0 Å². The van der Waals surface area contributed by atoms with Crippen molar-refractivity contribution in [2.24, 2.45) is 0 Å². The van der Waals surface area contributed by atoms with E-state index < -0.39 is 0 Å². The first-order valence-electron chi connectivity index (χ1n) is 6.33. The van der Waals surface area contributed by atoms with Crippen molar-refractivity contribution in [2.75, 3.05) is 0 Å². The first-order valence-corrected chi connectivity index (χ1v) is 7.52. The summed E-state index contributed by atoms with van der Waals surface area (Å²) in [6.45, 7) is 0. The van der Waals surface area contributed by atoms with Crippen molar-refractivity contribution in [2.45, 2.75) is 0 Å². The number of rotatable bonds is 3. The smallest absolute Gasteiger partial charge is 0.189 e. The summed E-state index contributed by atoms with van der Waals surface area (Å²) in [6, 6.07) is 14.5. The van der Waals surface area contributed by atoms with Crippen LogP contribution in [0.2, 0.25) is 5.02 Å². The Labute approximate surface area is 130 Å². The average molecular weight is 315 g/mol. The fourth-order valence-electron chi connectivity index (χ4n) is 2.04. The number of hydrogen-bond acceptors (Lipinski definition) is 3. The minimum Gasteiger partial charge on any atom is -0.507 e. The van der Waals surface area contributed by atoms with Crippen molar-refractivity contribution >= 4 is 44.9 Å². The Morgan fingerprint density at radius 2 is 1.95 bits per heavy atom. The molecule has 21 heavy (non-hydrogen) atoms. The number of allylic oxidation sites excluding steroid dienone is 1. The molecule has 2 nitrogen and oxygen atoms in total. The molecule has 1 N–H and O–H groups in total. The maximum Gasteiger partial charge on any atom is 0.189 e. The molecule has 0 aliphatic heterocycles. The van der Waals surface area contributed by atoms with Gasteiger partial charge in [0.1, 0.15) is 5.75 Å². The Balaban J connectivity index is 1.88. The largest absolute Gasteiger partial charge is 0.507 e. The molecule has 0 amide bonds. The number of carbonyl (C=O) groups is 1. The summed E-state index contributed by atoms with van der Waals surface area (Å²) < 4.78 is 1.18. The van der Waals surface area contributed by atoms with Gasteiger partial charge >= 0.3 is 0 Å². The van der Waals surface area contributed by atoms with E-state index in [4.69, 9.17) is 11.6 Å². The lowest BCUT2D eigenvalue weighted by molar-refractivity contribution is 0.104. The minimum atomic E-state index is -0.271. The van der Waals surface area contributed by atoms with Crippen LogP contribution in [0.4, 0.5) is 0 Å². The van der Waals surface area contributed by atoms with Crippen LogP contribution in [-0.2, 0) is 0 Å². The predicted molar refractivity (Wildman–Crippen MR) is 88.3 cm³/mol. The third-order valence-electron chi connectivity index (χ3n) is 3.07. The molecule has 0 spiro atoms. The van der Waals surface area contributed by atoms with Gasteiger partial charge in [0, 0.05) is 14.6 Å². The van der Waals surface area contributed by atoms with Gasteiger partial charge < -0.3 is 5.11 Å². The van der Waals surface area contributed by atoms with Gasteiger partial charge in [-0.1, -0.05) is 29.8 Å². The highest BCUT2D eigenvalue weighted by Crippen LogP contribution is 2.27. The molecular weight excluding hydrogens is 304 g/mol. The minimum absolute atomic E-state index is 0.0645. The lowest BCUT2D eigenvalue weighted by Gasteiger charge is -2.00. The lowest BCUT2D eigenvalue weighted by Crippen LogP contribution is -1.94. The standard InChI is InChI=1S/C17H11ClO2S/c18-12-5-7-15(19)14(10-12)16(20)8-6-13-9-11-3-1-2-4-17(11)21-13/h1-10,19H/b8-6+. The fourth-order valence-corrected chi connectivity index (χ4v) is 3.18. The zero-order valence-corrected chi connectivity index (χ0v) is 12.5. The predicted octanol–water partition coefficient (Wildman–Crippen LogP) is 5.16. The van der Waals surface area contributed by atoms with E-state index in [1.165, 1.54) is 22.9 Å². The van der Waals surface area contributed by atoms with Gasteiger partial charge in [0.25, 0.3) is 0 Å². The zero-order chi connectivity index (χ0) is 14.8. The molecule has 0 atom stereocenters. The van der Waals surface area contributed by atoms with Gasteiger partial charge in [-0.15, -0.1) is 11.3 Å². The van der Waals surface area contributed by atoms with Crippen LogP contribution in [0, 0.1) is 0 Å². The molecule has 1 aromatic heterocycles. The highest BCUT2D eigenvalue weighted by atomic mass is 35.5. The number of benzene rings is 2. The molecular formula is C17H11ClO2S. The topological polar surface area (TPSA) is 37.3 Å². The second-order valence-corrected chi connectivity index (χ2v) is 6.10. The molecule has 3 rings (SSSR count). The van der Waals surface area contributed by atoms with Crippen LogP contribution in [-0.4, -0.2) is 10.9 Å². The van der Waals surface area contributed by atoms with Gasteiger partial charge in [0.15, 0.2) is 5.78 Å². The van der Waals surface area contributed by atoms with Crippen LogP contribution >= 0.6 is 22.9 Å². The number of phenols is 1. The van der Waals surface area contributed by atoms with Crippen LogP contribution in [0.5, 0.6) is 5.75 Å². The van der Waals surface area contributed by atoms with E-state index in [1.807, 2.05) is 30.3 Å². The molecule has 4 heteroatoms. The molecule has 0 aliphatic rings. The molecule has 0 radical (unpaired) electrons. The summed E-state index contributed by atoms with van der Waals surface area (Å²) in [5, 5.41) is 11.3. The number of phenolic OH excluding ortho intramolecular Hbond substituents is 1. The molecule has 0 aliphatic carbocycles. The van der Waals surface area contributed by atoms with Gasteiger partial charge in [-0.3, -0.25) is 4.79 Å². The highest BCUT2D eigenvalue weighted by molar-refractivity contribution is 7.19. The zero-order valence-electron chi connectivity index (χ0n) is 10.9. The van der Waals surface area contributed by atoms with Gasteiger partial charge in [-0.05, 0) is 47.9 Å². The molecule has 0 saturated carbocycles. The lowest BCUT2D eigenvalue weighted by atomic mass is 10.1. The van der Waals surface area contributed by atoms with Crippen molar-refractivity contribution in [3.05, 3.63) is 70.1 Å². The van der Waals surface area contributed by atoms with Gasteiger partial charge in [0.2, 0.25) is 0 Å². The number of carbonyl (C=O) groups excluding carboxylic acids is 1. The molecule has 0 unspecified atom stereocenters. The normalized spacial score (nSPS) is 11.3. The van der Waals surface area contributed by atoms with Crippen molar-refractivity contribution in [1.82, 2.24) is 0 Å². The quantitative estimate of drug-likeness (QED) is 0.536. The Kier molecular flexibility index (Phi) is 3.78. The van der Waals surface area contributed by atoms with Gasteiger partial charge in [-0.2, -0.15) is 0 Å². The number of halogens is 1. The molecule has 1 heterocycles. The Bertz CT molecular complexity index is 816. The van der Waals surface area contributed by atoms with Crippen LogP contribution in [0.1, 0.15) is 15.2 Å². The maximum atomic E-state index is 12.1. The van der Waals surface area contributed by atoms with E-state index in [1.54, 1.807) is 23.5 Å². The first kappa shape index (κ1) is 13.9. The van der Waals surface area contributed by atoms with Crippen molar-refractivity contribution in [3.63, 3.8) is 0 Å². The van der Waals surface area contributed by atoms with Gasteiger partial charge in [0.05, 0.1) is 5.56 Å². The summed E-state index contributed by atoms with van der Waals surface area (Å²) in [6.07, 6.45) is 3.21. The summed E-state index contributed by atoms with van der Waals surface area (Å²) >= 11 is 7.46. The molecule has 3 aromatic rings. The molecule has 2 aromatic carbocycles. The summed E-state index contributed by atoms with van der Waals surface area (Å²) in [7, 11) is 0. The van der Waals surface area contributed by atoms with Crippen LogP contribution in [0.25, 0.3) is 16.2 Å². The number of fused-ring (bicyclic) bond motifs is 1. The highest BCUT2D eigenvalue weighted by Gasteiger charge is 2.09. The summed E-state index contributed by atoms with van der Waals surface area (Å²) in [5.74, 6) is -0.335. The Hall–Kier alpha value is -2.10. The fraction of sp³-hybridized carbons (Fsp3) is 0. The van der Waals surface area contributed by atoms with Crippen molar-refractivity contribution < 1.29 is 9.90 Å². The third kappa shape index (κ3) is 2.99. The van der Waals surface area contributed by atoms with Crippen LogP contribution in [0.3, 0.4) is 0 Å². The van der Waals surface area contributed by atoms with E-state index in [9.17, 15) is 9.90 Å². The Morgan fingerprint density at radius 3 is 2.76 bits per heavy atom. The SMILES string of the molecule is O=C(/C=C/c1cc2ccccc2s1)c1cc(Cl)ccc1O. The molecule has 0 fully saturated rings. The van der Waals surface area contributed by atoms with Crippen molar-refractivity contribution in [3.8, 4) is 5.75 Å². The number of hydrogen-bond donors (Lipinski definition) is 1. The van der Waals surface area contributed by atoms with E-state index in [2.05, 4.69) is 0 Å². The molecule has 104 valence electrons. The number of ketones is 1. The average Bonchev–Trinajstić information content (AvgIpc) is 2.90. The molecule has 0 bridgehead atoms. The van der Waals surface area contributed by atoms with Crippen molar-refractivity contribution in [1.29, 1.82) is 0 Å². The van der Waals surface area contributed by atoms with Crippen LogP contribution < -0.4 is 0 Å². The second kappa shape index (κ2) is 5.72. The van der Waals surface area contributed by atoms with Crippen LogP contribution in [0.15, 0.2) is 54.6 Å². The van der Waals surface area contributed by atoms with E-state index in [-0.39, 0.29) is 17.1 Å². The first-order chi connectivity index (χ1) is 10.1. The summed E-state index contributed by atoms with van der Waals surface area (Å²) in [4.78, 5) is 13.1. The molecule has 0 saturated heterocycles. The monoisotopic (exact) mass is 314 g/mol. The Morgan fingerprint density at radius 1 is 1.14 bits per heavy atom. The third-order valence-corrected chi connectivity index (χ3v) is 4.38. The number of thiophene rings is 1. The summed E-state index contributed by atoms with van der Waals surface area (Å²) in [5.41, 5.74) is 0.208. The van der Waals surface area contributed by atoms with E-state index in [0.717, 1.165) is 10.3 Å². The number of aromatic hydroxyl groups is 1. The van der Waals surface area contributed by atoms with Gasteiger partial charge in [-0.25, -0.2) is 0 Å². The second-order valence-electron chi connectivity index (χ2n) is 4.55. The van der Waals surface area contributed by atoms with E-state index in [0.29, 0.717) is 5.02 Å².